The lowest BCUT2D eigenvalue weighted by molar-refractivity contribution is 0.0601. The predicted octanol–water partition coefficient (Wildman–Crippen LogP) is 4.47. The van der Waals surface area contributed by atoms with Crippen LogP contribution in [0.1, 0.15) is 21.5 Å². The number of aromatic amines is 1. The quantitative estimate of drug-likeness (QED) is 0.514. The summed E-state index contributed by atoms with van der Waals surface area (Å²) in [6.45, 7) is 0.423. The lowest BCUT2D eigenvalue weighted by atomic mass is 10.1. The van der Waals surface area contributed by atoms with E-state index in [1.807, 2.05) is 36.4 Å². The number of aromatic nitrogens is 2. The summed E-state index contributed by atoms with van der Waals surface area (Å²) in [6, 6.07) is 22.2. The first-order chi connectivity index (χ1) is 14.2. The number of carbonyl (C=O) groups excluding carboxylic acids is 1. The second kappa shape index (κ2) is 7.87. The molecule has 3 aromatic carbocycles. The first kappa shape index (κ1) is 18.3. The molecule has 0 amide bonds. The minimum absolute atomic E-state index is 0.383. The van der Waals surface area contributed by atoms with Gasteiger partial charge in [0, 0.05) is 5.56 Å². The van der Waals surface area contributed by atoms with Crippen molar-refractivity contribution < 1.29 is 14.3 Å². The number of nitriles is 1. The number of imidazole rings is 1. The van der Waals surface area contributed by atoms with Crippen molar-refractivity contribution in [1.29, 1.82) is 5.26 Å². The first-order valence-electron chi connectivity index (χ1n) is 8.96. The van der Waals surface area contributed by atoms with E-state index in [-0.39, 0.29) is 5.97 Å². The third-order valence-electron chi connectivity index (χ3n) is 4.52. The van der Waals surface area contributed by atoms with Crippen LogP contribution in [0.4, 0.5) is 0 Å². The average Bonchev–Trinajstić information content (AvgIpc) is 3.21. The molecule has 142 valence electrons. The maximum Gasteiger partial charge on any atom is 0.337 e. The van der Waals surface area contributed by atoms with Crippen molar-refractivity contribution in [3.63, 3.8) is 0 Å². The molecule has 6 nitrogen and oxygen atoms in total. The molecule has 0 unspecified atom stereocenters. The van der Waals surface area contributed by atoms with Crippen molar-refractivity contribution in [2.45, 2.75) is 6.61 Å². The average molecular weight is 383 g/mol. The van der Waals surface area contributed by atoms with Crippen molar-refractivity contribution in [2.75, 3.05) is 7.11 Å². The molecule has 6 heteroatoms. The fourth-order valence-corrected chi connectivity index (χ4v) is 2.94. The number of rotatable bonds is 5. The maximum atomic E-state index is 11.7. The van der Waals surface area contributed by atoms with Crippen molar-refractivity contribution >= 4 is 17.0 Å². The van der Waals surface area contributed by atoms with E-state index in [4.69, 9.17) is 14.7 Å². The minimum Gasteiger partial charge on any atom is -0.489 e. The van der Waals surface area contributed by atoms with Crippen LogP contribution in [0.15, 0.2) is 66.7 Å². The van der Waals surface area contributed by atoms with Crippen molar-refractivity contribution in [2.24, 2.45) is 0 Å². The van der Waals surface area contributed by atoms with Crippen LogP contribution in [0.3, 0.4) is 0 Å². The van der Waals surface area contributed by atoms with Gasteiger partial charge in [0.1, 0.15) is 18.2 Å². The highest BCUT2D eigenvalue weighted by molar-refractivity contribution is 5.94. The highest BCUT2D eigenvalue weighted by Gasteiger charge is 2.10. The van der Waals surface area contributed by atoms with E-state index in [1.165, 1.54) is 7.11 Å². The zero-order chi connectivity index (χ0) is 20.2. The smallest absolute Gasteiger partial charge is 0.337 e. The van der Waals surface area contributed by atoms with Gasteiger partial charge in [-0.3, -0.25) is 0 Å². The zero-order valence-corrected chi connectivity index (χ0v) is 15.7. The third-order valence-corrected chi connectivity index (χ3v) is 4.52. The van der Waals surface area contributed by atoms with Crippen LogP contribution in [0, 0.1) is 11.3 Å². The number of benzene rings is 3. The molecule has 4 aromatic rings. The molecule has 0 saturated heterocycles. The third kappa shape index (κ3) is 3.94. The monoisotopic (exact) mass is 383 g/mol. The Balaban J connectivity index is 1.48. The molecule has 0 bridgehead atoms. The normalized spacial score (nSPS) is 10.5. The number of hydrogen-bond acceptors (Lipinski definition) is 5. The SMILES string of the molecule is COC(=O)c1ccc2nc(-c3ccc(OCc4ccc(C#N)cc4)cc3)[nH]c2c1. The number of H-pyrrole nitrogens is 1. The van der Waals surface area contributed by atoms with Gasteiger partial charge in [0.2, 0.25) is 0 Å². The molecule has 0 saturated carbocycles. The van der Waals surface area contributed by atoms with Gasteiger partial charge in [-0.05, 0) is 60.2 Å². The molecular formula is C23H17N3O3. The van der Waals surface area contributed by atoms with Gasteiger partial charge in [0.25, 0.3) is 0 Å². The molecule has 0 aliphatic heterocycles. The van der Waals surface area contributed by atoms with E-state index in [0.717, 1.165) is 27.9 Å². The molecule has 0 aliphatic carbocycles. The summed E-state index contributed by atoms with van der Waals surface area (Å²) in [6.07, 6.45) is 0. The number of nitrogens with zero attached hydrogens (tertiary/aromatic N) is 2. The van der Waals surface area contributed by atoms with Crippen LogP contribution in [-0.2, 0) is 11.3 Å². The zero-order valence-electron chi connectivity index (χ0n) is 15.7. The van der Waals surface area contributed by atoms with Gasteiger partial charge in [-0.1, -0.05) is 12.1 Å². The molecule has 0 atom stereocenters. The second-order valence-electron chi connectivity index (χ2n) is 6.43. The molecule has 29 heavy (non-hydrogen) atoms. The Morgan fingerprint density at radius 2 is 1.83 bits per heavy atom. The van der Waals surface area contributed by atoms with E-state index in [2.05, 4.69) is 16.0 Å². The molecular weight excluding hydrogens is 366 g/mol. The number of esters is 1. The Morgan fingerprint density at radius 1 is 1.07 bits per heavy atom. The van der Waals surface area contributed by atoms with Gasteiger partial charge < -0.3 is 14.5 Å². The van der Waals surface area contributed by atoms with E-state index in [0.29, 0.717) is 23.6 Å². The molecule has 4 rings (SSSR count). The lowest BCUT2D eigenvalue weighted by Crippen LogP contribution is -2.00. The van der Waals surface area contributed by atoms with E-state index in [1.54, 1.807) is 30.3 Å². The topological polar surface area (TPSA) is 88.0 Å². The summed E-state index contributed by atoms with van der Waals surface area (Å²) < 4.78 is 10.6. The van der Waals surface area contributed by atoms with E-state index in [9.17, 15) is 4.79 Å². The fraction of sp³-hybridized carbons (Fsp3) is 0.0870. The van der Waals surface area contributed by atoms with Gasteiger partial charge >= 0.3 is 5.97 Å². The fourth-order valence-electron chi connectivity index (χ4n) is 2.94. The van der Waals surface area contributed by atoms with Gasteiger partial charge in [-0.25, -0.2) is 9.78 Å². The van der Waals surface area contributed by atoms with Crippen LogP contribution in [0.5, 0.6) is 5.75 Å². The van der Waals surface area contributed by atoms with Gasteiger partial charge in [0.15, 0.2) is 0 Å². The van der Waals surface area contributed by atoms with E-state index < -0.39 is 0 Å². The molecule has 0 fully saturated rings. The first-order valence-corrected chi connectivity index (χ1v) is 8.96. The van der Waals surface area contributed by atoms with Gasteiger partial charge in [0.05, 0.1) is 35.3 Å². The van der Waals surface area contributed by atoms with Crippen LogP contribution >= 0.6 is 0 Å². The molecule has 1 aromatic heterocycles. The Bertz CT molecular complexity index is 1200. The summed E-state index contributed by atoms with van der Waals surface area (Å²) >= 11 is 0. The van der Waals surface area contributed by atoms with Crippen LogP contribution < -0.4 is 4.74 Å². The Morgan fingerprint density at radius 3 is 2.52 bits per heavy atom. The van der Waals surface area contributed by atoms with E-state index >= 15 is 0 Å². The van der Waals surface area contributed by atoms with Crippen molar-refractivity contribution in [3.05, 3.63) is 83.4 Å². The summed E-state index contributed by atoms with van der Waals surface area (Å²) in [7, 11) is 1.36. The van der Waals surface area contributed by atoms with Crippen molar-refractivity contribution in [3.8, 4) is 23.2 Å². The van der Waals surface area contributed by atoms with Gasteiger partial charge in [-0.2, -0.15) is 5.26 Å². The van der Waals surface area contributed by atoms with Crippen LogP contribution in [0.25, 0.3) is 22.4 Å². The summed E-state index contributed by atoms with van der Waals surface area (Å²) in [5.41, 5.74) is 4.54. The molecule has 1 heterocycles. The molecule has 0 radical (unpaired) electrons. The Labute approximate surface area is 167 Å². The molecule has 0 aliphatic rings. The maximum absolute atomic E-state index is 11.7. The highest BCUT2D eigenvalue weighted by Crippen LogP contribution is 2.24. The standard InChI is InChI=1S/C23H17N3O3/c1-28-23(27)18-8-11-20-21(12-18)26-22(25-20)17-6-9-19(10-7-17)29-14-16-4-2-15(13-24)3-5-16/h2-12H,14H2,1H3,(H,25,26). The van der Waals surface area contributed by atoms with Crippen molar-refractivity contribution in [1.82, 2.24) is 9.97 Å². The summed E-state index contributed by atoms with van der Waals surface area (Å²) in [5, 5.41) is 8.84. The highest BCUT2D eigenvalue weighted by atomic mass is 16.5. The summed E-state index contributed by atoms with van der Waals surface area (Å²) in [4.78, 5) is 19.5. The van der Waals surface area contributed by atoms with Crippen LogP contribution in [-0.4, -0.2) is 23.0 Å². The lowest BCUT2D eigenvalue weighted by Gasteiger charge is -2.07. The van der Waals surface area contributed by atoms with Gasteiger partial charge in [-0.15, -0.1) is 0 Å². The largest absolute Gasteiger partial charge is 0.489 e. The second-order valence-corrected chi connectivity index (χ2v) is 6.43. The predicted molar refractivity (Wildman–Crippen MR) is 108 cm³/mol. The molecule has 1 N–H and O–H groups in total. The number of methoxy groups -OCH3 is 1. The Hall–Kier alpha value is -4.11. The minimum atomic E-state index is -0.383. The Kier molecular flexibility index (Phi) is 4.95. The molecule has 0 spiro atoms. The number of ether oxygens (including phenoxy) is 2. The number of hydrogen-bond donors (Lipinski definition) is 1. The van der Waals surface area contributed by atoms with Crippen LogP contribution in [0.2, 0.25) is 0 Å². The number of fused-ring (bicyclic) bond motifs is 1. The number of carbonyl (C=O) groups is 1. The summed E-state index contributed by atoms with van der Waals surface area (Å²) in [5.74, 6) is 1.06. The number of nitrogens with one attached hydrogen (secondary N) is 1.